The number of nitrogens with one attached hydrogen (secondary N) is 4. The SMILES string of the molecule is C=CC(=O)NCC(=O)Cc1cccc(CNC(=O)c2cnc(NCCc3ccncc3)nc2NCCC)c1. The van der Waals surface area contributed by atoms with E-state index >= 15 is 0 Å². The van der Waals surface area contributed by atoms with Gasteiger partial charge in [0.2, 0.25) is 11.9 Å². The van der Waals surface area contributed by atoms with Gasteiger partial charge in [-0.3, -0.25) is 19.4 Å². The molecule has 3 aromatic rings. The first kappa shape index (κ1) is 28.0. The monoisotopic (exact) mass is 515 g/mol. The molecule has 38 heavy (non-hydrogen) atoms. The van der Waals surface area contributed by atoms with E-state index in [1.807, 2.05) is 43.3 Å². The van der Waals surface area contributed by atoms with Gasteiger partial charge in [0.15, 0.2) is 5.78 Å². The summed E-state index contributed by atoms with van der Waals surface area (Å²) >= 11 is 0. The van der Waals surface area contributed by atoms with E-state index in [9.17, 15) is 14.4 Å². The van der Waals surface area contributed by atoms with Crippen LogP contribution >= 0.6 is 0 Å². The van der Waals surface area contributed by atoms with Crippen molar-refractivity contribution in [3.05, 3.63) is 89.9 Å². The summed E-state index contributed by atoms with van der Waals surface area (Å²) in [7, 11) is 0. The van der Waals surface area contributed by atoms with Crippen molar-refractivity contribution < 1.29 is 14.4 Å². The Bertz CT molecular complexity index is 1250. The van der Waals surface area contributed by atoms with Crippen molar-refractivity contribution in [2.24, 2.45) is 0 Å². The van der Waals surface area contributed by atoms with Gasteiger partial charge < -0.3 is 21.3 Å². The van der Waals surface area contributed by atoms with Crippen LogP contribution in [0.25, 0.3) is 0 Å². The van der Waals surface area contributed by atoms with Crippen LogP contribution in [-0.4, -0.2) is 52.2 Å². The minimum absolute atomic E-state index is 0.0616. The minimum Gasteiger partial charge on any atom is -0.369 e. The molecule has 0 saturated heterocycles. The van der Waals surface area contributed by atoms with Crippen LogP contribution in [0.3, 0.4) is 0 Å². The maximum absolute atomic E-state index is 13.0. The van der Waals surface area contributed by atoms with Crippen molar-refractivity contribution in [2.45, 2.75) is 32.7 Å². The molecule has 0 spiro atoms. The number of anilines is 2. The van der Waals surface area contributed by atoms with Crippen molar-refractivity contribution in [3.8, 4) is 0 Å². The van der Waals surface area contributed by atoms with Crippen molar-refractivity contribution in [1.29, 1.82) is 0 Å². The summed E-state index contributed by atoms with van der Waals surface area (Å²) in [6, 6.07) is 11.3. The third kappa shape index (κ3) is 9.12. The summed E-state index contributed by atoms with van der Waals surface area (Å²) in [5, 5.41) is 11.8. The van der Waals surface area contributed by atoms with Crippen molar-refractivity contribution >= 4 is 29.4 Å². The summed E-state index contributed by atoms with van der Waals surface area (Å²) in [4.78, 5) is 49.3. The summed E-state index contributed by atoms with van der Waals surface area (Å²) in [6.45, 7) is 6.91. The number of benzene rings is 1. The fraction of sp³-hybridized carbons (Fsp3) is 0.286. The lowest BCUT2D eigenvalue weighted by Crippen LogP contribution is -2.28. The molecule has 10 heteroatoms. The summed E-state index contributed by atoms with van der Waals surface area (Å²) in [6.07, 6.45) is 8.00. The Morgan fingerprint density at radius 3 is 2.53 bits per heavy atom. The fourth-order valence-electron chi connectivity index (χ4n) is 3.55. The van der Waals surface area contributed by atoms with Crippen LogP contribution in [0.15, 0.2) is 67.6 Å². The number of aromatic nitrogens is 3. The van der Waals surface area contributed by atoms with Crippen LogP contribution in [0.2, 0.25) is 0 Å². The number of amides is 2. The molecule has 0 radical (unpaired) electrons. The van der Waals surface area contributed by atoms with E-state index in [1.54, 1.807) is 12.4 Å². The zero-order valence-electron chi connectivity index (χ0n) is 21.5. The van der Waals surface area contributed by atoms with E-state index in [2.05, 4.69) is 42.8 Å². The van der Waals surface area contributed by atoms with Gasteiger partial charge in [-0.05, 0) is 47.7 Å². The topological polar surface area (TPSA) is 138 Å². The number of ketones is 1. The minimum atomic E-state index is -0.389. The number of carbonyl (C=O) groups excluding carboxylic acids is 3. The normalized spacial score (nSPS) is 10.3. The van der Waals surface area contributed by atoms with Crippen LogP contribution < -0.4 is 21.3 Å². The van der Waals surface area contributed by atoms with E-state index in [4.69, 9.17) is 0 Å². The van der Waals surface area contributed by atoms with Gasteiger partial charge in [0.05, 0.1) is 6.54 Å². The Hall–Kier alpha value is -4.60. The van der Waals surface area contributed by atoms with Crippen LogP contribution in [0.4, 0.5) is 11.8 Å². The second-order valence-electron chi connectivity index (χ2n) is 8.55. The van der Waals surface area contributed by atoms with E-state index in [-0.39, 0.29) is 37.1 Å². The van der Waals surface area contributed by atoms with Gasteiger partial charge in [-0.1, -0.05) is 37.8 Å². The average Bonchev–Trinajstić information content (AvgIpc) is 2.94. The Labute approximate surface area is 222 Å². The third-order valence-electron chi connectivity index (χ3n) is 5.51. The molecule has 0 aliphatic rings. The third-order valence-corrected chi connectivity index (χ3v) is 5.51. The number of carbonyl (C=O) groups is 3. The highest BCUT2D eigenvalue weighted by atomic mass is 16.2. The van der Waals surface area contributed by atoms with Gasteiger partial charge in [0.25, 0.3) is 5.91 Å². The maximum atomic E-state index is 13.0. The summed E-state index contributed by atoms with van der Waals surface area (Å²) < 4.78 is 0. The average molecular weight is 516 g/mol. The van der Waals surface area contributed by atoms with Gasteiger partial charge in [-0.15, -0.1) is 0 Å². The second-order valence-corrected chi connectivity index (χ2v) is 8.55. The Morgan fingerprint density at radius 2 is 1.76 bits per heavy atom. The van der Waals surface area contributed by atoms with Crippen LogP contribution in [0, 0.1) is 0 Å². The predicted octanol–water partition coefficient (Wildman–Crippen LogP) is 2.69. The molecule has 4 N–H and O–H groups in total. The molecular formula is C28H33N7O3. The quantitative estimate of drug-likeness (QED) is 0.227. The fourth-order valence-corrected chi connectivity index (χ4v) is 3.55. The van der Waals surface area contributed by atoms with E-state index in [1.165, 1.54) is 6.20 Å². The molecular weight excluding hydrogens is 482 g/mol. The lowest BCUT2D eigenvalue weighted by molar-refractivity contribution is -0.122. The molecule has 0 aliphatic heterocycles. The van der Waals surface area contributed by atoms with Crippen molar-refractivity contribution in [3.63, 3.8) is 0 Å². The van der Waals surface area contributed by atoms with Gasteiger partial charge in [0.1, 0.15) is 11.4 Å². The van der Waals surface area contributed by atoms with Crippen molar-refractivity contribution in [2.75, 3.05) is 30.3 Å². The first-order valence-corrected chi connectivity index (χ1v) is 12.5. The molecule has 0 aliphatic carbocycles. The summed E-state index contributed by atoms with van der Waals surface area (Å²) in [5.41, 5.74) is 3.14. The summed E-state index contributed by atoms with van der Waals surface area (Å²) in [5.74, 6) is 0.0862. The Kier molecular flexibility index (Phi) is 10.9. The van der Waals surface area contributed by atoms with Crippen LogP contribution in [0.5, 0.6) is 0 Å². The number of rotatable bonds is 15. The maximum Gasteiger partial charge on any atom is 0.256 e. The Balaban J connectivity index is 1.58. The molecule has 0 fully saturated rings. The highest BCUT2D eigenvalue weighted by molar-refractivity contribution is 5.98. The standard InChI is InChI=1S/C28H33N7O3/c1-3-11-30-26-24(19-34-28(35-26)31-14-10-20-8-12-29-13-9-20)27(38)33-17-22-7-5-6-21(15-22)16-23(36)18-32-25(37)4-2/h4-9,12-13,15,19H,2-3,10-11,14,16-18H2,1H3,(H,32,37)(H,33,38)(H2,30,31,34,35). The highest BCUT2D eigenvalue weighted by Gasteiger charge is 2.15. The Morgan fingerprint density at radius 1 is 0.974 bits per heavy atom. The lowest BCUT2D eigenvalue weighted by atomic mass is 10.1. The molecule has 0 unspecified atom stereocenters. The highest BCUT2D eigenvalue weighted by Crippen LogP contribution is 2.15. The van der Waals surface area contributed by atoms with Gasteiger partial charge in [0, 0.05) is 44.6 Å². The number of Topliss-reactive ketones (excluding diaryl/α,β-unsaturated/α-hetero) is 1. The smallest absolute Gasteiger partial charge is 0.256 e. The van der Waals surface area contributed by atoms with Crippen LogP contribution in [-0.2, 0) is 29.0 Å². The lowest BCUT2D eigenvalue weighted by Gasteiger charge is -2.13. The molecule has 0 bridgehead atoms. The first-order valence-electron chi connectivity index (χ1n) is 12.5. The molecule has 3 rings (SSSR count). The van der Waals surface area contributed by atoms with E-state index in [0.717, 1.165) is 35.6 Å². The molecule has 1 aromatic carbocycles. The largest absolute Gasteiger partial charge is 0.369 e. The predicted molar refractivity (Wildman–Crippen MR) is 147 cm³/mol. The zero-order chi connectivity index (χ0) is 27.2. The van der Waals surface area contributed by atoms with Crippen molar-refractivity contribution in [1.82, 2.24) is 25.6 Å². The van der Waals surface area contributed by atoms with Gasteiger partial charge in [-0.25, -0.2) is 4.98 Å². The van der Waals surface area contributed by atoms with E-state index in [0.29, 0.717) is 30.4 Å². The number of hydrogen-bond donors (Lipinski definition) is 4. The molecule has 2 amide bonds. The molecule has 2 heterocycles. The van der Waals surface area contributed by atoms with Gasteiger partial charge in [-0.2, -0.15) is 4.98 Å². The number of pyridine rings is 1. The van der Waals surface area contributed by atoms with Crippen LogP contribution in [0.1, 0.15) is 40.4 Å². The molecule has 0 saturated carbocycles. The first-order chi connectivity index (χ1) is 18.5. The molecule has 198 valence electrons. The molecule has 0 atom stereocenters. The number of hydrogen-bond acceptors (Lipinski definition) is 8. The zero-order valence-corrected chi connectivity index (χ0v) is 21.5. The number of nitrogens with zero attached hydrogens (tertiary/aromatic N) is 3. The molecule has 10 nitrogen and oxygen atoms in total. The van der Waals surface area contributed by atoms with Gasteiger partial charge >= 0.3 is 0 Å². The molecule has 2 aromatic heterocycles. The second kappa shape index (κ2) is 14.8. The van der Waals surface area contributed by atoms with E-state index < -0.39 is 0 Å².